The van der Waals surface area contributed by atoms with Crippen LogP contribution < -0.4 is 25.4 Å². The highest BCUT2D eigenvalue weighted by Crippen LogP contribution is 2.31. The first-order chi connectivity index (χ1) is 16.2. The Bertz CT molecular complexity index is 871. The van der Waals surface area contributed by atoms with Gasteiger partial charge in [-0.3, -0.25) is 0 Å². The Morgan fingerprint density at radius 1 is 1.18 bits per heavy atom. The average molecular weight is 457 g/mol. The molecule has 0 saturated carbocycles. The molecule has 2 aromatic rings. The number of hydrogen-bond donors (Lipinski definition) is 4. The van der Waals surface area contributed by atoms with Crippen LogP contribution in [0.5, 0.6) is 11.5 Å². The highest BCUT2D eigenvalue weighted by Gasteiger charge is 2.17. The number of nitrogens with zero attached hydrogens (tertiary/aromatic N) is 3. The van der Waals surface area contributed by atoms with Crippen molar-refractivity contribution in [3.8, 4) is 11.5 Å². The van der Waals surface area contributed by atoms with E-state index < -0.39 is 6.10 Å². The van der Waals surface area contributed by atoms with Crippen molar-refractivity contribution >= 4 is 17.5 Å². The lowest BCUT2D eigenvalue weighted by Crippen LogP contribution is -2.33. The zero-order valence-electron chi connectivity index (χ0n) is 19.4. The lowest BCUT2D eigenvalue weighted by molar-refractivity contribution is 0.0747. The van der Waals surface area contributed by atoms with E-state index in [4.69, 9.17) is 9.47 Å². The van der Waals surface area contributed by atoms with Crippen molar-refractivity contribution in [1.82, 2.24) is 20.2 Å². The Hall–Kier alpha value is -2.62. The molecule has 33 heavy (non-hydrogen) atoms. The predicted octanol–water partition coefficient (Wildman–Crippen LogP) is 2.48. The number of β-amino-alcohol motifs (C(OH)–C–C–N with tert-alkyl or cyclic N) is 1. The first kappa shape index (κ1) is 23.5. The normalized spacial score (nSPS) is 18.1. The quantitative estimate of drug-likeness (QED) is 0.406. The summed E-state index contributed by atoms with van der Waals surface area (Å²) in [5.41, 5.74) is 0.787. The number of ether oxygens (including phenoxy) is 2. The summed E-state index contributed by atoms with van der Waals surface area (Å²) >= 11 is 0. The molecule has 1 unspecified atom stereocenters. The molecule has 2 fully saturated rings. The maximum absolute atomic E-state index is 10.4. The second-order valence-corrected chi connectivity index (χ2v) is 8.80. The first-order valence-corrected chi connectivity index (χ1v) is 12.0. The molecule has 0 aliphatic carbocycles. The van der Waals surface area contributed by atoms with Gasteiger partial charge in [0.2, 0.25) is 5.95 Å². The second kappa shape index (κ2) is 12.0. The number of piperidine rings is 1. The van der Waals surface area contributed by atoms with Gasteiger partial charge in [0.15, 0.2) is 11.5 Å². The fourth-order valence-corrected chi connectivity index (χ4v) is 4.35. The molecular weight excluding hydrogens is 420 g/mol. The fraction of sp³-hybridized carbons (Fsp3) is 0.583. The van der Waals surface area contributed by atoms with Gasteiger partial charge in [-0.25, -0.2) is 4.98 Å². The zero-order valence-corrected chi connectivity index (χ0v) is 19.4. The van der Waals surface area contributed by atoms with Gasteiger partial charge in [-0.15, -0.1) is 0 Å². The number of aromatic nitrogens is 2. The average Bonchev–Trinajstić information content (AvgIpc) is 3.35. The van der Waals surface area contributed by atoms with Crippen molar-refractivity contribution in [3.63, 3.8) is 0 Å². The molecule has 3 heterocycles. The van der Waals surface area contributed by atoms with Gasteiger partial charge in [0, 0.05) is 31.0 Å². The van der Waals surface area contributed by atoms with E-state index in [1.54, 1.807) is 13.3 Å². The van der Waals surface area contributed by atoms with Crippen molar-refractivity contribution in [2.24, 2.45) is 5.92 Å². The van der Waals surface area contributed by atoms with E-state index >= 15 is 0 Å². The van der Waals surface area contributed by atoms with Crippen LogP contribution in [0, 0.1) is 5.92 Å². The Labute approximate surface area is 195 Å². The largest absolute Gasteiger partial charge is 0.493 e. The Kier molecular flexibility index (Phi) is 8.57. The molecule has 1 atom stereocenters. The van der Waals surface area contributed by atoms with Gasteiger partial charge in [0.05, 0.1) is 7.11 Å². The van der Waals surface area contributed by atoms with Crippen LogP contribution in [0.15, 0.2) is 30.5 Å². The van der Waals surface area contributed by atoms with Crippen molar-refractivity contribution in [2.75, 3.05) is 63.6 Å². The molecule has 2 saturated heterocycles. The number of methoxy groups -OCH3 is 1. The van der Waals surface area contributed by atoms with Crippen molar-refractivity contribution in [2.45, 2.75) is 31.8 Å². The molecule has 0 amide bonds. The maximum atomic E-state index is 10.4. The monoisotopic (exact) mass is 456 g/mol. The number of likely N-dealkylation sites (tertiary alicyclic amines) is 1. The lowest BCUT2D eigenvalue weighted by atomic mass is 9.98. The van der Waals surface area contributed by atoms with E-state index in [1.807, 2.05) is 24.3 Å². The summed E-state index contributed by atoms with van der Waals surface area (Å²) in [6, 6.07) is 7.46. The van der Waals surface area contributed by atoms with Crippen LogP contribution >= 0.6 is 0 Å². The van der Waals surface area contributed by atoms with Gasteiger partial charge in [-0.2, -0.15) is 4.98 Å². The van der Waals surface area contributed by atoms with Crippen LogP contribution in [0.4, 0.5) is 17.5 Å². The molecular formula is C24H36N6O3. The summed E-state index contributed by atoms with van der Waals surface area (Å²) in [4.78, 5) is 11.2. The Balaban J connectivity index is 1.33. The number of nitrogens with one attached hydrogen (secondary N) is 3. The fourth-order valence-electron chi connectivity index (χ4n) is 4.35. The van der Waals surface area contributed by atoms with E-state index in [9.17, 15) is 5.11 Å². The SMILES string of the molecule is COc1ccc(Nc2nccc(NCC3CCNCC3)n2)cc1OCC(O)CN1CCCC1. The van der Waals surface area contributed by atoms with Crippen LogP contribution in [0.1, 0.15) is 25.7 Å². The molecule has 0 spiro atoms. The van der Waals surface area contributed by atoms with E-state index in [-0.39, 0.29) is 6.61 Å². The summed E-state index contributed by atoms with van der Waals surface area (Å²) in [6.45, 7) is 6.02. The summed E-state index contributed by atoms with van der Waals surface area (Å²) in [7, 11) is 1.61. The van der Waals surface area contributed by atoms with Crippen LogP contribution in [-0.2, 0) is 0 Å². The van der Waals surface area contributed by atoms with Crippen LogP contribution in [0.2, 0.25) is 0 Å². The highest BCUT2D eigenvalue weighted by molar-refractivity contribution is 5.60. The maximum Gasteiger partial charge on any atom is 0.229 e. The van der Waals surface area contributed by atoms with Gasteiger partial charge in [-0.1, -0.05) is 0 Å². The molecule has 9 nitrogen and oxygen atoms in total. The zero-order chi connectivity index (χ0) is 22.9. The van der Waals surface area contributed by atoms with Crippen LogP contribution in [0.3, 0.4) is 0 Å². The van der Waals surface area contributed by atoms with E-state index in [0.717, 1.165) is 44.2 Å². The summed E-state index contributed by atoms with van der Waals surface area (Å²) in [5.74, 6) is 3.17. The first-order valence-electron chi connectivity index (χ1n) is 12.0. The van der Waals surface area contributed by atoms with E-state index in [0.29, 0.717) is 29.9 Å². The van der Waals surface area contributed by atoms with Gasteiger partial charge in [0.25, 0.3) is 0 Å². The van der Waals surface area contributed by atoms with E-state index in [1.165, 1.54) is 25.7 Å². The minimum Gasteiger partial charge on any atom is -0.493 e. The van der Waals surface area contributed by atoms with Crippen molar-refractivity contribution in [3.05, 3.63) is 30.5 Å². The van der Waals surface area contributed by atoms with Crippen molar-refractivity contribution < 1.29 is 14.6 Å². The summed E-state index contributed by atoms with van der Waals surface area (Å²) in [6.07, 6.45) is 5.97. The van der Waals surface area contributed by atoms with Crippen LogP contribution in [-0.4, -0.2) is 79.1 Å². The third-order valence-corrected chi connectivity index (χ3v) is 6.20. The molecule has 4 N–H and O–H groups in total. The molecule has 0 bridgehead atoms. The summed E-state index contributed by atoms with van der Waals surface area (Å²) in [5, 5.41) is 20.4. The standard InChI is InChI=1S/C24H36N6O3/c1-32-21-5-4-19(14-22(21)33-17-20(31)16-30-12-2-3-13-30)28-24-26-11-8-23(29-24)27-15-18-6-9-25-10-7-18/h4-5,8,11,14,18,20,25,31H,2-3,6-7,9-10,12-13,15-17H2,1H3,(H2,26,27,28,29). The van der Waals surface area contributed by atoms with Crippen molar-refractivity contribution in [1.29, 1.82) is 0 Å². The third kappa shape index (κ3) is 7.18. The minimum absolute atomic E-state index is 0.211. The second-order valence-electron chi connectivity index (χ2n) is 8.80. The highest BCUT2D eigenvalue weighted by atomic mass is 16.5. The number of benzene rings is 1. The van der Waals surface area contributed by atoms with E-state index in [2.05, 4.69) is 30.8 Å². The molecule has 2 aliphatic heterocycles. The van der Waals surface area contributed by atoms with Gasteiger partial charge in [-0.05, 0) is 76.0 Å². The summed E-state index contributed by atoms with van der Waals surface area (Å²) < 4.78 is 11.3. The Morgan fingerprint density at radius 2 is 2.00 bits per heavy atom. The number of rotatable bonds is 11. The van der Waals surface area contributed by atoms with Gasteiger partial charge in [0.1, 0.15) is 18.5 Å². The molecule has 180 valence electrons. The molecule has 1 aromatic heterocycles. The van der Waals surface area contributed by atoms with Gasteiger partial charge < -0.3 is 35.4 Å². The predicted molar refractivity (Wildman–Crippen MR) is 130 cm³/mol. The minimum atomic E-state index is -0.546. The Morgan fingerprint density at radius 3 is 2.79 bits per heavy atom. The molecule has 0 radical (unpaired) electrons. The lowest BCUT2D eigenvalue weighted by Gasteiger charge is -2.23. The number of aliphatic hydroxyl groups is 1. The molecule has 9 heteroatoms. The molecule has 2 aliphatic rings. The topological polar surface area (TPSA) is 104 Å². The van der Waals surface area contributed by atoms with Gasteiger partial charge >= 0.3 is 0 Å². The van der Waals surface area contributed by atoms with Crippen LogP contribution in [0.25, 0.3) is 0 Å². The molecule has 4 rings (SSSR count). The third-order valence-electron chi connectivity index (χ3n) is 6.20. The molecule has 1 aromatic carbocycles. The smallest absolute Gasteiger partial charge is 0.229 e. The number of hydrogen-bond acceptors (Lipinski definition) is 9. The number of aliphatic hydroxyl groups excluding tert-OH is 1. The number of anilines is 3.